The van der Waals surface area contributed by atoms with Crippen LogP contribution in [-0.4, -0.2) is 50.2 Å². The molecule has 1 saturated heterocycles. The van der Waals surface area contributed by atoms with Gasteiger partial charge >= 0.3 is 0 Å². The summed E-state index contributed by atoms with van der Waals surface area (Å²) in [4.78, 5) is 15.6. The molecule has 9 heteroatoms. The van der Waals surface area contributed by atoms with Crippen LogP contribution in [0.15, 0.2) is 67.4 Å². The van der Waals surface area contributed by atoms with Gasteiger partial charge in [0.1, 0.15) is 30.0 Å². The monoisotopic (exact) mass is 466 g/mol. The van der Waals surface area contributed by atoms with Crippen molar-refractivity contribution in [1.29, 1.82) is 0 Å². The van der Waals surface area contributed by atoms with E-state index in [1.807, 2.05) is 37.4 Å². The highest BCUT2D eigenvalue weighted by Crippen LogP contribution is 2.31. The Morgan fingerprint density at radius 2 is 1.97 bits per heavy atom. The predicted octanol–water partition coefficient (Wildman–Crippen LogP) is 4.31. The van der Waals surface area contributed by atoms with Crippen LogP contribution in [0.1, 0.15) is 12.5 Å². The van der Waals surface area contributed by atoms with Crippen LogP contribution in [0.2, 0.25) is 0 Å². The molecule has 2 N–H and O–H groups in total. The van der Waals surface area contributed by atoms with Crippen molar-refractivity contribution in [3.05, 3.63) is 72.9 Å². The van der Waals surface area contributed by atoms with E-state index in [-0.39, 0.29) is 0 Å². The first-order chi connectivity index (χ1) is 17.1. The molecule has 3 aromatic heterocycles. The number of anilines is 3. The van der Waals surface area contributed by atoms with Gasteiger partial charge in [0.05, 0.1) is 5.52 Å². The van der Waals surface area contributed by atoms with E-state index in [2.05, 4.69) is 66.8 Å². The van der Waals surface area contributed by atoms with E-state index in [1.54, 1.807) is 10.8 Å². The summed E-state index contributed by atoms with van der Waals surface area (Å²) in [5.41, 5.74) is 4.78. The zero-order chi connectivity index (χ0) is 23.8. The normalized spacial score (nSPS) is 16.1. The van der Waals surface area contributed by atoms with Crippen molar-refractivity contribution in [2.75, 3.05) is 29.9 Å². The minimum Gasteiger partial charge on any atom is -0.457 e. The Hall–Kier alpha value is -4.24. The highest BCUT2D eigenvalue weighted by molar-refractivity contribution is 5.93. The fraction of sp³-hybridized carbons (Fsp3) is 0.231. The van der Waals surface area contributed by atoms with Crippen LogP contribution >= 0.6 is 0 Å². The lowest BCUT2D eigenvalue weighted by atomic mass is 10.1. The molecule has 0 saturated carbocycles. The molecule has 35 heavy (non-hydrogen) atoms. The molecule has 0 aliphatic carbocycles. The van der Waals surface area contributed by atoms with Gasteiger partial charge in [-0.25, -0.2) is 19.5 Å². The molecule has 2 aromatic carbocycles. The second kappa shape index (κ2) is 8.84. The molecule has 0 amide bonds. The highest BCUT2D eigenvalue weighted by Gasteiger charge is 2.17. The Kier molecular flexibility index (Phi) is 5.38. The molecular formula is C26H26N8O. The minimum atomic E-state index is 0.464. The van der Waals surface area contributed by atoms with Crippen molar-refractivity contribution in [3.63, 3.8) is 0 Å². The van der Waals surface area contributed by atoms with Crippen molar-refractivity contribution in [3.8, 4) is 11.5 Å². The number of ether oxygens (including phenoxy) is 1. The lowest BCUT2D eigenvalue weighted by Gasteiger charge is -2.33. The zero-order valence-corrected chi connectivity index (χ0v) is 19.6. The Bertz CT molecular complexity index is 1510. The smallest absolute Gasteiger partial charge is 0.158 e. The molecule has 1 aliphatic heterocycles. The van der Waals surface area contributed by atoms with Gasteiger partial charge in [0.15, 0.2) is 5.65 Å². The number of benzene rings is 2. The fourth-order valence-corrected chi connectivity index (χ4v) is 4.47. The molecular weight excluding hydrogens is 440 g/mol. The first-order valence-corrected chi connectivity index (χ1v) is 11.7. The predicted molar refractivity (Wildman–Crippen MR) is 137 cm³/mol. The van der Waals surface area contributed by atoms with Crippen LogP contribution < -0.4 is 20.3 Å². The van der Waals surface area contributed by atoms with Crippen molar-refractivity contribution in [1.82, 2.24) is 29.9 Å². The molecule has 1 aliphatic rings. The molecule has 0 spiro atoms. The summed E-state index contributed by atoms with van der Waals surface area (Å²) in [6.07, 6.45) is 4.95. The standard InChI is InChI=1S/C26H26N8O/c1-17-11-19(3-6-24(17)35-21-7-9-34-25(13-21)29-16-31-34)32-26-22-12-20(4-5-23(22)28-15-30-26)33-10-8-27-18(2)14-33/h3-7,9,11-13,15-16,18,27H,8,10,14H2,1-2H3,(H,28,30,32)/t18-/m1/s1. The molecule has 1 fully saturated rings. The van der Waals surface area contributed by atoms with E-state index < -0.39 is 0 Å². The Balaban J connectivity index is 1.25. The summed E-state index contributed by atoms with van der Waals surface area (Å²) in [7, 11) is 0. The van der Waals surface area contributed by atoms with Crippen LogP contribution in [0, 0.1) is 6.92 Å². The number of pyridine rings is 1. The van der Waals surface area contributed by atoms with Gasteiger partial charge in [-0.05, 0) is 61.9 Å². The van der Waals surface area contributed by atoms with E-state index in [9.17, 15) is 0 Å². The molecule has 1 atom stereocenters. The van der Waals surface area contributed by atoms with Crippen molar-refractivity contribution in [2.24, 2.45) is 0 Å². The maximum Gasteiger partial charge on any atom is 0.158 e. The van der Waals surface area contributed by atoms with Gasteiger partial charge in [-0.15, -0.1) is 0 Å². The number of aromatic nitrogens is 5. The topological polar surface area (TPSA) is 92.5 Å². The fourth-order valence-electron chi connectivity index (χ4n) is 4.47. The van der Waals surface area contributed by atoms with E-state index in [1.165, 1.54) is 12.0 Å². The lowest BCUT2D eigenvalue weighted by Crippen LogP contribution is -2.49. The zero-order valence-electron chi connectivity index (χ0n) is 19.6. The first kappa shape index (κ1) is 21.3. The number of aryl methyl sites for hydroxylation is 1. The van der Waals surface area contributed by atoms with Crippen molar-refractivity contribution < 1.29 is 4.74 Å². The molecule has 4 heterocycles. The average Bonchev–Trinajstić information content (AvgIpc) is 3.34. The average molecular weight is 467 g/mol. The molecule has 176 valence electrons. The molecule has 6 rings (SSSR count). The third kappa shape index (κ3) is 4.33. The summed E-state index contributed by atoms with van der Waals surface area (Å²) in [5, 5.41) is 12.1. The van der Waals surface area contributed by atoms with Crippen LogP contribution in [-0.2, 0) is 0 Å². The maximum absolute atomic E-state index is 6.11. The number of fused-ring (bicyclic) bond motifs is 2. The number of piperazine rings is 1. The summed E-state index contributed by atoms with van der Waals surface area (Å²) in [6.45, 7) is 7.18. The van der Waals surface area contributed by atoms with Gasteiger partial charge in [-0.2, -0.15) is 5.10 Å². The molecule has 0 unspecified atom stereocenters. The summed E-state index contributed by atoms with van der Waals surface area (Å²) in [6, 6.07) is 16.6. The van der Waals surface area contributed by atoms with E-state index >= 15 is 0 Å². The maximum atomic E-state index is 6.11. The van der Waals surface area contributed by atoms with Crippen LogP contribution in [0.4, 0.5) is 17.2 Å². The molecule has 0 radical (unpaired) electrons. The Morgan fingerprint density at radius 3 is 2.86 bits per heavy atom. The number of nitrogens with one attached hydrogen (secondary N) is 2. The summed E-state index contributed by atoms with van der Waals surface area (Å²) >= 11 is 0. The quantitative estimate of drug-likeness (QED) is 0.396. The van der Waals surface area contributed by atoms with E-state index in [4.69, 9.17) is 4.74 Å². The van der Waals surface area contributed by atoms with Crippen LogP contribution in [0.5, 0.6) is 11.5 Å². The van der Waals surface area contributed by atoms with Crippen molar-refractivity contribution >= 4 is 33.7 Å². The number of rotatable bonds is 5. The number of hydrogen-bond acceptors (Lipinski definition) is 8. The Morgan fingerprint density at radius 1 is 1.03 bits per heavy atom. The van der Waals surface area contributed by atoms with E-state index in [0.29, 0.717) is 11.8 Å². The minimum absolute atomic E-state index is 0.464. The highest BCUT2D eigenvalue weighted by atomic mass is 16.5. The number of hydrogen-bond donors (Lipinski definition) is 2. The van der Waals surface area contributed by atoms with Crippen molar-refractivity contribution in [2.45, 2.75) is 19.9 Å². The largest absolute Gasteiger partial charge is 0.457 e. The second-order valence-electron chi connectivity index (χ2n) is 8.86. The third-order valence-electron chi connectivity index (χ3n) is 6.27. The van der Waals surface area contributed by atoms with Gasteiger partial charge in [-0.1, -0.05) is 0 Å². The van der Waals surface area contributed by atoms with Gasteiger partial charge in [0, 0.05) is 54.7 Å². The second-order valence-corrected chi connectivity index (χ2v) is 8.86. The van der Waals surface area contributed by atoms with Gasteiger partial charge in [0.2, 0.25) is 0 Å². The van der Waals surface area contributed by atoms with E-state index in [0.717, 1.165) is 59.0 Å². The van der Waals surface area contributed by atoms with Gasteiger partial charge in [0.25, 0.3) is 0 Å². The molecule has 9 nitrogen and oxygen atoms in total. The Labute approximate surface area is 202 Å². The number of nitrogens with zero attached hydrogens (tertiary/aromatic N) is 6. The SMILES string of the molecule is Cc1cc(Nc2ncnc3ccc(N4CCN[C@H](C)C4)cc23)ccc1Oc1ccn2ncnc2c1. The van der Waals surface area contributed by atoms with Crippen LogP contribution in [0.3, 0.4) is 0 Å². The van der Waals surface area contributed by atoms with Gasteiger partial charge in [-0.3, -0.25) is 0 Å². The molecule has 0 bridgehead atoms. The molecule has 5 aromatic rings. The lowest BCUT2D eigenvalue weighted by molar-refractivity contribution is 0.478. The summed E-state index contributed by atoms with van der Waals surface area (Å²) in [5.74, 6) is 2.28. The van der Waals surface area contributed by atoms with Gasteiger partial charge < -0.3 is 20.3 Å². The van der Waals surface area contributed by atoms with Crippen LogP contribution in [0.25, 0.3) is 16.6 Å². The first-order valence-electron chi connectivity index (χ1n) is 11.7. The summed E-state index contributed by atoms with van der Waals surface area (Å²) < 4.78 is 7.81. The third-order valence-corrected chi connectivity index (χ3v) is 6.27.